The molecule has 4 aliphatic rings. The molecule has 4 saturated heterocycles. The Kier molecular flexibility index (Phi) is 27.6. The number of aliphatic hydroxyl groups is 4. The molecule has 0 aliphatic carbocycles. The van der Waals surface area contributed by atoms with Gasteiger partial charge in [0.1, 0.15) is 65.7 Å². The lowest BCUT2D eigenvalue weighted by molar-refractivity contribution is -0.153. The molecular weight excluding hydrogens is 1300 g/mol. The number of esters is 2. The zero-order chi connectivity index (χ0) is 71.5. The highest BCUT2D eigenvalue weighted by atomic mass is 35.5. The van der Waals surface area contributed by atoms with E-state index in [2.05, 4.69) is 19.9 Å². The van der Waals surface area contributed by atoms with Gasteiger partial charge in [0.05, 0.1) is 51.8 Å². The summed E-state index contributed by atoms with van der Waals surface area (Å²) in [6.45, 7) is 9.79. The van der Waals surface area contributed by atoms with Crippen molar-refractivity contribution in [2.75, 3.05) is 27.4 Å². The number of carbonyl (C=O) groups excluding carboxylic acids is 2. The van der Waals surface area contributed by atoms with E-state index in [9.17, 15) is 63.3 Å². The Morgan fingerprint density at radius 1 is 0.490 bits per heavy atom. The molecule has 4 unspecified atom stereocenters. The van der Waals surface area contributed by atoms with Gasteiger partial charge in [0, 0.05) is 86.6 Å². The topological polar surface area (TPSA) is 408 Å². The summed E-state index contributed by atoms with van der Waals surface area (Å²) in [5, 5.41) is 37.5. The van der Waals surface area contributed by atoms with Gasteiger partial charge >= 0.3 is 34.7 Å². The van der Waals surface area contributed by atoms with Crippen LogP contribution in [0.4, 0.5) is 0 Å². The highest BCUT2D eigenvalue weighted by molar-refractivity contribution is 6.28. The zero-order valence-corrected chi connectivity index (χ0v) is 56.0. The standard InChI is InChI=1S/C21H19ClO2.C13H18N2O5.C12H16N2O6.C11H16N2O4.C10H14N2O5/c1-23-19-12-8-17(9-13-19)21(22,16-6-4-3-5-7-16)18-10-14-20(24-2)15-11-18;1-3-8-9(20-12(17)4-2)7-11(19-8)15-6-5-10(16)14-13(15)18;1-2-11(17)20-7-5-10(19-8(7)6-15)14-4-3-9(16)13-12(14)18;1-3-8-7(14)4-9(17-8)13-5-6(2)10(15)12-11(13)16;1-5-3-12(10(16)11-9(5)15)8-2-6(14)7(4-13)17-8/h3-15H,1-2H3;5-6,8-9,11H,3-4,7H2,1-2H3,(H,14,16,18);3-4,7-8,10,15H,2,5-6H2,1H3,(H,13,16,18);5,7-9,14H,3-4H2,1-2H3,(H,12,15,16);3,6-8,13-14H,2,4H2,1H3,(H,11,15,16)/t;8-,9?,11-;7?,8-,10-;7?,8-,9-;6?,7-,8-/m.1111/s1. The van der Waals surface area contributed by atoms with Gasteiger partial charge in [0.15, 0.2) is 0 Å². The minimum absolute atomic E-state index is 0.205. The molecule has 0 bridgehead atoms. The minimum atomic E-state index is -0.816. The number of nitrogens with one attached hydrogen (secondary N) is 4. The zero-order valence-electron chi connectivity index (χ0n) is 55.3. The van der Waals surface area contributed by atoms with Crippen LogP contribution < -0.4 is 54.5 Å². The smallest absolute Gasteiger partial charge is 0.330 e. The van der Waals surface area contributed by atoms with Crippen molar-refractivity contribution in [1.29, 1.82) is 0 Å². The molecule has 4 aliphatic heterocycles. The lowest BCUT2D eigenvalue weighted by atomic mass is 9.84. The molecular formula is C67H83ClN8O22. The SMILES string of the molecule is CCC(=O)OC1C[C@H](n2ccc(=O)[nH]c2=O)O[C@@H]1CC.CCC(=O)OC1C[C@H](n2ccc(=O)[nH]c2=O)O[C@@H]1CO.CC[C@H]1O[C@@H](n2cc(C)c(=O)[nH]c2=O)CC1O.COc1ccc(C(Cl)(c2ccccc2)c2ccc(OC)cc2)cc1.Cc1cn([C@H]2CC(O)[C@@H](CO)O2)c(=O)[nH]c1=O. The van der Waals surface area contributed by atoms with Crippen molar-refractivity contribution in [1.82, 2.24) is 38.2 Å². The first-order chi connectivity index (χ1) is 46.8. The van der Waals surface area contributed by atoms with Crippen LogP contribution >= 0.6 is 11.6 Å². The number of benzene rings is 3. The van der Waals surface area contributed by atoms with Gasteiger partial charge in [-0.15, -0.1) is 11.6 Å². The van der Waals surface area contributed by atoms with Crippen LogP contribution in [0.3, 0.4) is 0 Å². The number of halogens is 1. The van der Waals surface area contributed by atoms with Crippen LogP contribution in [0.25, 0.3) is 0 Å². The maximum Gasteiger partial charge on any atom is 0.330 e. The van der Waals surface area contributed by atoms with Gasteiger partial charge in [-0.2, -0.15) is 0 Å². The number of rotatable bonds is 17. The van der Waals surface area contributed by atoms with Crippen molar-refractivity contribution in [3.8, 4) is 11.5 Å². The first kappa shape index (κ1) is 76.3. The number of hydrogen-bond acceptors (Lipinski definition) is 22. The summed E-state index contributed by atoms with van der Waals surface area (Å²) in [5.41, 5.74) is -0.197. The van der Waals surface area contributed by atoms with Crippen molar-refractivity contribution >= 4 is 23.5 Å². The largest absolute Gasteiger partial charge is 0.497 e. The first-order valence-corrected chi connectivity index (χ1v) is 32.1. The van der Waals surface area contributed by atoms with E-state index in [-0.39, 0.29) is 56.8 Å². The van der Waals surface area contributed by atoms with E-state index in [1.807, 2.05) is 92.7 Å². The van der Waals surface area contributed by atoms with Crippen LogP contribution in [0.15, 0.2) is 154 Å². The molecule has 0 radical (unpaired) electrons. The van der Waals surface area contributed by atoms with E-state index < -0.39 is 111 Å². The van der Waals surface area contributed by atoms with Crippen LogP contribution in [-0.4, -0.2) is 147 Å². The molecule has 8 heterocycles. The number of methoxy groups -OCH3 is 2. The van der Waals surface area contributed by atoms with Crippen LogP contribution in [0.2, 0.25) is 0 Å². The number of nitrogens with zero attached hydrogens (tertiary/aromatic N) is 4. The van der Waals surface area contributed by atoms with Crippen LogP contribution in [0, 0.1) is 13.8 Å². The molecule has 4 aromatic heterocycles. The van der Waals surface area contributed by atoms with Gasteiger partial charge in [-0.1, -0.05) is 82.3 Å². The lowest BCUT2D eigenvalue weighted by Crippen LogP contribution is -2.33. The highest BCUT2D eigenvalue weighted by Crippen LogP contribution is 2.44. The Labute approximate surface area is 564 Å². The Hall–Kier alpha value is -9.11. The van der Waals surface area contributed by atoms with E-state index >= 15 is 0 Å². The fourth-order valence-electron chi connectivity index (χ4n) is 11.0. The number of hydrogen-bond donors (Lipinski definition) is 8. The third-order valence-corrected chi connectivity index (χ3v) is 17.1. The summed E-state index contributed by atoms with van der Waals surface area (Å²) in [6.07, 6.45) is 2.04. The number of aromatic amines is 4. The van der Waals surface area contributed by atoms with E-state index in [0.29, 0.717) is 43.2 Å². The number of aromatic nitrogens is 8. The summed E-state index contributed by atoms with van der Waals surface area (Å²) in [6, 6.07) is 28.3. The van der Waals surface area contributed by atoms with E-state index in [1.165, 1.54) is 55.2 Å². The average molecular weight is 1390 g/mol. The summed E-state index contributed by atoms with van der Waals surface area (Å²) in [4.78, 5) is 122. The lowest BCUT2D eigenvalue weighted by Gasteiger charge is -2.29. The quantitative estimate of drug-likeness (QED) is 0.0368. The fraction of sp³-hybridized carbons (Fsp3) is 0.463. The maximum absolute atomic E-state index is 11.7. The first-order valence-electron chi connectivity index (χ1n) is 31.7. The second kappa shape index (κ2) is 35.4. The molecule has 3 aromatic carbocycles. The number of carbonyl (C=O) groups is 2. The second-order valence-corrected chi connectivity index (χ2v) is 23.6. The third-order valence-electron chi connectivity index (χ3n) is 16.5. The molecule has 12 atom stereocenters. The number of H-pyrrole nitrogens is 4. The molecule has 7 aromatic rings. The maximum atomic E-state index is 11.7. The molecule has 0 amide bonds. The number of alkyl halides is 1. The number of aliphatic hydroxyl groups excluding tert-OH is 4. The minimum Gasteiger partial charge on any atom is -0.497 e. The molecule has 8 N–H and O–H groups in total. The van der Waals surface area contributed by atoms with E-state index in [0.717, 1.165) is 28.2 Å². The Morgan fingerprint density at radius 2 is 0.847 bits per heavy atom. The van der Waals surface area contributed by atoms with Crippen molar-refractivity contribution in [2.24, 2.45) is 0 Å². The van der Waals surface area contributed by atoms with Crippen molar-refractivity contribution in [3.05, 3.63) is 227 Å². The van der Waals surface area contributed by atoms with Gasteiger partial charge in [0.25, 0.3) is 22.2 Å². The third kappa shape index (κ3) is 19.2. The Morgan fingerprint density at radius 3 is 1.21 bits per heavy atom. The number of aryl methyl sites for hydroxylation is 2. The Balaban J connectivity index is 0.000000173. The van der Waals surface area contributed by atoms with Gasteiger partial charge in [-0.05, 0) is 67.6 Å². The predicted molar refractivity (Wildman–Crippen MR) is 354 cm³/mol. The second-order valence-electron chi connectivity index (χ2n) is 23.0. The van der Waals surface area contributed by atoms with Gasteiger partial charge in [-0.3, -0.25) is 67.0 Å². The van der Waals surface area contributed by atoms with Crippen LogP contribution in [-0.2, 0) is 42.9 Å². The van der Waals surface area contributed by atoms with Gasteiger partial charge in [0.2, 0.25) is 0 Å². The molecule has 4 fully saturated rings. The molecule has 31 heteroatoms. The molecule has 0 saturated carbocycles. The van der Waals surface area contributed by atoms with Gasteiger partial charge in [-0.25, -0.2) is 19.2 Å². The van der Waals surface area contributed by atoms with Gasteiger partial charge < -0.3 is 58.3 Å². The average Bonchev–Trinajstić information content (AvgIpc) is 1.35. The molecule has 30 nitrogen and oxygen atoms in total. The predicted octanol–water partition coefficient (Wildman–Crippen LogP) is 3.32. The normalized spacial score (nSPS) is 23.1. The van der Waals surface area contributed by atoms with Crippen molar-refractivity contribution in [2.45, 2.75) is 172 Å². The van der Waals surface area contributed by atoms with Crippen LogP contribution in [0.1, 0.15) is 132 Å². The summed E-state index contributed by atoms with van der Waals surface area (Å²) in [7, 11) is 3.31. The highest BCUT2D eigenvalue weighted by Gasteiger charge is 2.41. The molecule has 530 valence electrons. The molecule has 11 rings (SSSR count). The summed E-state index contributed by atoms with van der Waals surface area (Å²) < 4.78 is 48.2. The Bertz CT molecular complexity index is 4010. The summed E-state index contributed by atoms with van der Waals surface area (Å²) >= 11 is 7.22. The van der Waals surface area contributed by atoms with Crippen molar-refractivity contribution < 1.29 is 67.9 Å². The van der Waals surface area contributed by atoms with Crippen molar-refractivity contribution in [3.63, 3.8) is 0 Å². The monoisotopic (exact) mass is 1390 g/mol. The van der Waals surface area contributed by atoms with E-state index in [1.54, 1.807) is 41.9 Å². The van der Waals surface area contributed by atoms with E-state index in [4.69, 9.17) is 54.6 Å². The summed E-state index contributed by atoms with van der Waals surface area (Å²) in [5.74, 6) is 0.930. The molecule has 98 heavy (non-hydrogen) atoms. The fourth-order valence-corrected chi connectivity index (χ4v) is 11.4. The number of ether oxygens (including phenoxy) is 8. The van der Waals surface area contributed by atoms with Crippen LogP contribution in [0.5, 0.6) is 11.5 Å². The molecule has 0 spiro atoms.